The third-order valence-electron chi connectivity index (χ3n) is 5.75. The maximum Gasteiger partial charge on any atom is 0.243 e. The fourth-order valence-corrected chi connectivity index (χ4v) is 5.85. The number of carbonyl (C=O) groups is 1. The molecule has 1 saturated heterocycles. The number of hydrogen-bond donors (Lipinski definition) is 2. The molecule has 1 aromatic heterocycles. The summed E-state index contributed by atoms with van der Waals surface area (Å²) in [5.74, 6) is -0.823. The van der Waals surface area contributed by atoms with Crippen LogP contribution in [0, 0.1) is 5.82 Å². The molecule has 1 fully saturated rings. The van der Waals surface area contributed by atoms with E-state index in [0.717, 1.165) is 49.2 Å². The summed E-state index contributed by atoms with van der Waals surface area (Å²) in [7, 11) is -3.86. The van der Waals surface area contributed by atoms with Gasteiger partial charge in [-0.25, -0.2) is 12.8 Å². The van der Waals surface area contributed by atoms with Crippen LogP contribution in [0.25, 0.3) is 0 Å². The number of aromatic nitrogens is 2. The van der Waals surface area contributed by atoms with E-state index in [9.17, 15) is 17.6 Å². The van der Waals surface area contributed by atoms with Gasteiger partial charge in [0.1, 0.15) is 11.9 Å². The lowest BCUT2D eigenvalue weighted by atomic mass is 10.1. The molecule has 9 heteroatoms. The van der Waals surface area contributed by atoms with Crippen LogP contribution in [0.15, 0.2) is 29.2 Å². The van der Waals surface area contributed by atoms with Gasteiger partial charge in [0.15, 0.2) is 0 Å². The van der Waals surface area contributed by atoms with Crippen LogP contribution in [-0.2, 0) is 34.2 Å². The van der Waals surface area contributed by atoms with Crippen molar-refractivity contribution in [2.24, 2.45) is 0 Å². The van der Waals surface area contributed by atoms with Crippen molar-refractivity contribution in [3.8, 4) is 0 Å². The van der Waals surface area contributed by atoms with Gasteiger partial charge in [-0.05, 0) is 68.4 Å². The number of aryl methyl sites for hydroxylation is 1. The summed E-state index contributed by atoms with van der Waals surface area (Å²) in [6.07, 6.45) is 6.43. The molecule has 1 atom stereocenters. The van der Waals surface area contributed by atoms with Crippen LogP contribution < -0.4 is 5.32 Å². The largest absolute Gasteiger partial charge is 0.349 e. The average molecular weight is 421 g/mol. The summed E-state index contributed by atoms with van der Waals surface area (Å²) >= 11 is 0. The third kappa shape index (κ3) is 4.06. The maximum atomic E-state index is 13.2. The summed E-state index contributed by atoms with van der Waals surface area (Å²) in [6.45, 7) is 0.557. The molecule has 4 rings (SSSR count). The second-order valence-electron chi connectivity index (χ2n) is 7.63. The Morgan fingerprint density at radius 3 is 2.72 bits per heavy atom. The summed E-state index contributed by atoms with van der Waals surface area (Å²) in [5, 5.41) is 10.3. The van der Waals surface area contributed by atoms with Crippen LogP contribution in [-0.4, -0.2) is 41.4 Å². The molecule has 0 radical (unpaired) electrons. The maximum absolute atomic E-state index is 13.2. The Labute approximate surface area is 169 Å². The minimum atomic E-state index is -3.86. The Morgan fingerprint density at radius 2 is 1.93 bits per heavy atom. The topological polar surface area (TPSA) is 95.2 Å². The summed E-state index contributed by atoms with van der Waals surface area (Å²) in [5.41, 5.74) is 3.17. The standard InChI is InChI=1S/C20H25FN4O3S/c21-14-8-10-15(11-9-14)29(27,28)25-12-4-7-19(25)20(26)22-13-18-16-5-2-1-3-6-17(16)23-24-18/h8-11,19H,1-7,12-13H2,(H,22,26)(H,23,24). The van der Waals surface area contributed by atoms with E-state index < -0.39 is 21.9 Å². The molecule has 2 aliphatic rings. The van der Waals surface area contributed by atoms with Crippen LogP contribution >= 0.6 is 0 Å². The van der Waals surface area contributed by atoms with Crippen molar-refractivity contribution in [3.05, 3.63) is 47.0 Å². The third-order valence-corrected chi connectivity index (χ3v) is 7.67. The number of H-pyrrole nitrogens is 1. The molecular weight excluding hydrogens is 395 g/mol. The predicted molar refractivity (Wildman–Crippen MR) is 105 cm³/mol. The lowest BCUT2D eigenvalue weighted by Crippen LogP contribution is -2.45. The molecule has 7 nitrogen and oxygen atoms in total. The number of fused-ring (bicyclic) bond motifs is 1. The van der Waals surface area contributed by atoms with Crippen molar-refractivity contribution in [2.75, 3.05) is 6.54 Å². The van der Waals surface area contributed by atoms with Gasteiger partial charge in [-0.15, -0.1) is 0 Å². The molecule has 0 spiro atoms. The van der Waals surface area contributed by atoms with E-state index in [-0.39, 0.29) is 23.9 Å². The van der Waals surface area contributed by atoms with E-state index >= 15 is 0 Å². The quantitative estimate of drug-likeness (QED) is 0.726. The smallest absolute Gasteiger partial charge is 0.243 e. The zero-order valence-corrected chi connectivity index (χ0v) is 17.0. The van der Waals surface area contributed by atoms with Crippen molar-refractivity contribution in [2.45, 2.75) is 62.4 Å². The van der Waals surface area contributed by atoms with Crippen LogP contribution in [0.1, 0.15) is 49.1 Å². The fourth-order valence-electron chi connectivity index (χ4n) is 4.19. The molecule has 1 amide bonds. The van der Waals surface area contributed by atoms with Crippen LogP contribution in [0.3, 0.4) is 0 Å². The molecule has 29 heavy (non-hydrogen) atoms. The molecule has 2 heterocycles. The highest BCUT2D eigenvalue weighted by molar-refractivity contribution is 7.89. The van der Waals surface area contributed by atoms with Crippen LogP contribution in [0.5, 0.6) is 0 Å². The molecule has 2 N–H and O–H groups in total. The van der Waals surface area contributed by atoms with Gasteiger partial charge >= 0.3 is 0 Å². The molecule has 156 valence electrons. The second-order valence-corrected chi connectivity index (χ2v) is 9.52. The SMILES string of the molecule is O=C(NCc1n[nH]c2c1CCCCC2)C1CCCN1S(=O)(=O)c1ccc(F)cc1. The van der Waals surface area contributed by atoms with E-state index in [1.807, 2.05) is 0 Å². The van der Waals surface area contributed by atoms with E-state index in [4.69, 9.17) is 0 Å². The number of rotatable bonds is 5. The van der Waals surface area contributed by atoms with Crippen molar-refractivity contribution in [1.29, 1.82) is 0 Å². The first kappa shape index (κ1) is 20.0. The number of aromatic amines is 1. The van der Waals surface area contributed by atoms with Gasteiger partial charge in [0.2, 0.25) is 15.9 Å². The fraction of sp³-hybridized carbons (Fsp3) is 0.500. The van der Waals surface area contributed by atoms with Gasteiger partial charge in [-0.3, -0.25) is 9.89 Å². The summed E-state index contributed by atoms with van der Waals surface area (Å²) in [6, 6.07) is 3.93. The Bertz CT molecular complexity index is 988. The zero-order chi connectivity index (χ0) is 20.4. The number of halogens is 1. The first-order valence-corrected chi connectivity index (χ1v) is 11.5. The number of nitrogens with zero attached hydrogens (tertiary/aromatic N) is 2. The van der Waals surface area contributed by atoms with Gasteiger partial charge in [0, 0.05) is 12.2 Å². The highest BCUT2D eigenvalue weighted by Gasteiger charge is 2.39. The molecule has 2 aromatic rings. The molecule has 1 aliphatic heterocycles. The number of amides is 1. The van der Waals surface area contributed by atoms with Gasteiger partial charge in [0.05, 0.1) is 17.1 Å². The molecular formula is C20H25FN4O3S. The van der Waals surface area contributed by atoms with Crippen molar-refractivity contribution >= 4 is 15.9 Å². The van der Waals surface area contributed by atoms with E-state index in [0.29, 0.717) is 12.8 Å². The van der Waals surface area contributed by atoms with Gasteiger partial charge in [-0.1, -0.05) is 6.42 Å². The van der Waals surface area contributed by atoms with E-state index in [1.165, 1.54) is 28.4 Å². The summed E-state index contributed by atoms with van der Waals surface area (Å²) < 4.78 is 40.2. The number of sulfonamides is 1. The minimum absolute atomic E-state index is 0.00350. The highest BCUT2D eigenvalue weighted by atomic mass is 32.2. The number of hydrogen-bond acceptors (Lipinski definition) is 4. The van der Waals surface area contributed by atoms with Crippen LogP contribution in [0.4, 0.5) is 4.39 Å². The molecule has 1 aromatic carbocycles. The Hall–Kier alpha value is -2.26. The van der Waals surface area contributed by atoms with Crippen molar-refractivity contribution < 1.29 is 17.6 Å². The molecule has 0 saturated carbocycles. The minimum Gasteiger partial charge on any atom is -0.349 e. The Morgan fingerprint density at radius 1 is 1.17 bits per heavy atom. The van der Waals surface area contributed by atoms with E-state index in [2.05, 4.69) is 15.5 Å². The van der Waals surface area contributed by atoms with E-state index in [1.54, 1.807) is 0 Å². The number of carbonyl (C=O) groups excluding carboxylic acids is 1. The Kier molecular flexibility index (Phi) is 5.69. The monoisotopic (exact) mass is 420 g/mol. The highest BCUT2D eigenvalue weighted by Crippen LogP contribution is 2.27. The van der Waals surface area contributed by atoms with Gasteiger partial charge in [0.25, 0.3) is 0 Å². The number of nitrogens with one attached hydrogen (secondary N) is 2. The van der Waals surface area contributed by atoms with Crippen LogP contribution in [0.2, 0.25) is 0 Å². The lowest BCUT2D eigenvalue weighted by molar-refractivity contribution is -0.124. The second kappa shape index (κ2) is 8.23. The zero-order valence-electron chi connectivity index (χ0n) is 16.2. The average Bonchev–Trinajstić information content (AvgIpc) is 3.29. The van der Waals surface area contributed by atoms with Crippen molar-refractivity contribution in [3.63, 3.8) is 0 Å². The predicted octanol–water partition coefficient (Wildman–Crippen LogP) is 2.29. The lowest BCUT2D eigenvalue weighted by Gasteiger charge is -2.23. The first-order chi connectivity index (χ1) is 14.0. The normalized spacial score (nSPS) is 20.2. The summed E-state index contributed by atoms with van der Waals surface area (Å²) in [4.78, 5) is 12.8. The van der Waals surface area contributed by atoms with Crippen molar-refractivity contribution in [1.82, 2.24) is 19.8 Å². The van der Waals surface area contributed by atoms with Gasteiger partial charge < -0.3 is 5.32 Å². The first-order valence-electron chi connectivity index (χ1n) is 10.1. The molecule has 1 unspecified atom stereocenters. The Balaban J connectivity index is 1.46. The van der Waals surface area contributed by atoms with Gasteiger partial charge in [-0.2, -0.15) is 9.40 Å². The number of benzene rings is 1. The molecule has 1 aliphatic carbocycles. The molecule has 0 bridgehead atoms.